The largest absolute Gasteiger partial charge is 0.415 e. The summed E-state index contributed by atoms with van der Waals surface area (Å²) in [7, 11) is 0. The monoisotopic (exact) mass is 270 g/mol. The van der Waals surface area contributed by atoms with Crippen molar-refractivity contribution in [2.75, 3.05) is 12.3 Å². The van der Waals surface area contributed by atoms with E-state index < -0.39 is 18.0 Å². The van der Waals surface area contributed by atoms with E-state index in [1.54, 1.807) is 11.5 Å². The van der Waals surface area contributed by atoms with Gasteiger partial charge in [-0.2, -0.15) is 13.2 Å². The van der Waals surface area contributed by atoms with Gasteiger partial charge < -0.3 is 15.4 Å². The van der Waals surface area contributed by atoms with Crippen LogP contribution < -0.4 is 5.73 Å². The predicted molar refractivity (Wildman–Crippen MR) is 56.6 cm³/mol. The molecule has 0 aromatic carbocycles. The SMILES string of the molecule is Cc1nnc(SCC(O)C(F)(F)F)n1CCN. The predicted octanol–water partition coefficient (Wildman–Crippen LogP) is 0.561. The summed E-state index contributed by atoms with van der Waals surface area (Å²) >= 11 is 0.807. The first-order chi connectivity index (χ1) is 7.86. The summed E-state index contributed by atoms with van der Waals surface area (Å²) in [4.78, 5) is 0. The number of halogens is 3. The van der Waals surface area contributed by atoms with Crippen molar-refractivity contribution in [3.63, 3.8) is 0 Å². The van der Waals surface area contributed by atoms with Crippen LogP contribution in [0.15, 0.2) is 5.16 Å². The Labute approximate surface area is 100 Å². The molecular formula is C8H13F3N4OS. The van der Waals surface area contributed by atoms with Gasteiger partial charge in [-0.25, -0.2) is 0 Å². The molecule has 1 rings (SSSR count). The molecule has 17 heavy (non-hydrogen) atoms. The highest BCUT2D eigenvalue weighted by Gasteiger charge is 2.38. The van der Waals surface area contributed by atoms with Crippen LogP contribution in [-0.2, 0) is 6.54 Å². The first-order valence-corrected chi connectivity index (χ1v) is 5.82. The molecule has 0 bridgehead atoms. The molecule has 0 aliphatic rings. The molecular weight excluding hydrogens is 257 g/mol. The number of hydrogen-bond donors (Lipinski definition) is 2. The molecule has 5 nitrogen and oxygen atoms in total. The van der Waals surface area contributed by atoms with Crippen molar-refractivity contribution in [1.82, 2.24) is 14.8 Å². The van der Waals surface area contributed by atoms with Crippen LogP contribution in [0.25, 0.3) is 0 Å². The zero-order valence-electron chi connectivity index (χ0n) is 9.11. The van der Waals surface area contributed by atoms with E-state index in [0.29, 0.717) is 24.1 Å². The fourth-order valence-corrected chi connectivity index (χ4v) is 2.08. The van der Waals surface area contributed by atoms with Crippen molar-refractivity contribution in [3.8, 4) is 0 Å². The third kappa shape index (κ3) is 3.86. The van der Waals surface area contributed by atoms with E-state index in [0.717, 1.165) is 11.8 Å². The standard InChI is InChI=1S/C8H13F3N4OS/c1-5-13-14-7(15(5)3-2-12)17-4-6(16)8(9,10)11/h6,16H,2-4,12H2,1H3. The summed E-state index contributed by atoms with van der Waals surface area (Å²) in [5.41, 5.74) is 5.37. The van der Waals surface area contributed by atoms with Gasteiger partial charge >= 0.3 is 6.18 Å². The molecule has 0 radical (unpaired) electrons. The van der Waals surface area contributed by atoms with Gasteiger partial charge in [0.15, 0.2) is 11.3 Å². The Bertz CT molecular complexity index is 368. The number of nitrogens with two attached hydrogens (primary N) is 1. The average molecular weight is 270 g/mol. The lowest BCUT2D eigenvalue weighted by Crippen LogP contribution is -2.30. The maximum atomic E-state index is 12.1. The van der Waals surface area contributed by atoms with E-state index in [-0.39, 0.29) is 0 Å². The van der Waals surface area contributed by atoms with Gasteiger partial charge in [0.1, 0.15) is 5.82 Å². The first kappa shape index (κ1) is 14.3. The van der Waals surface area contributed by atoms with Crippen LogP contribution in [0.5, 0.6) is 0 Å². The third-order valence-electron chi connectivity index (χ3n) is 2.00. The Kier molecular flexibility index (Phi) is 4.78. The summed E-state index contributed by atoms with van der Waals surface area (Å²) < 4.78 is 37.9. The minimum Gasteiger partial charge on any atom is -0.383 e. The van der Waals surface area contributed by atoms with Crippen molar-refractivity contribution >= 4 is 11.8 Å². The lowest BCUT2D eigenvalue weighted by atomic mass is 10.4. The molecule has 3 N–H and O–H groups in total. The summed E-state index contributed by atoms with van der Waals surface area (Å²) in [5.74, 6) is 0.0751. The van der Waals surface area contributed by atoms with E-state index in [2.05, 4.69) is 10.2 Å². The Balaban J connectivity index is 2.63. The summed E-state index contributed by atoms with van der Waals surface area (Å²) in [5, 5.41) is 16.7. The molecule has 98 valence electrons. The quantitative estimate of drug-likeness (QED) is 0.765. The highest BCUT2D eigenvalue weighted by molar-refractivity contribution is 7.99. The number of alkyl halides is 3. The van der Waals surface area contributed by atoms with Crippen molar-refractivity contribution in [3.05, 3.63) is 5.82 Å². The van der Waals surface area contributed by atoms with Gasteiger partial charge in [0.25, 0.3) is 0 Å². The minimum absolute atomic E-state index is 0.330. The molecule has 0 saturated carbocycles. The number of aliphatic hydroxyl groups excluding tert-OH is 1. The van der Waals surface area contributed by atoms with Crippen LogP contribution in [-0.4, -0.2) is 44.4 Å². The van der Waals surface area contributed by atoms with E-state index in [1.165, 1.54) is 0 Å². The van der Waals surface area contributed by atoms with E-state index in [4.69, 9.17) is 10.8 Å². The second-order valence-electron chi connectivity index (χ2n) is 3.34. The maximum Gasteiger partial charge on any atom is 0.415 e. The lowest BCUT2D eigenvalue weighted by Gasteiger charge is -2.13. The zero-order valence-corrected chi connectivity index (χ0v) is 9.92. The molecule has 0 saturated heterocycles. The lowest BCUT2D eigenvalue weighted by molar-refractivity contribution is -0.195. The molecule has 0 amide bonds. The number of rotatable bonds is 5. The van der Waals surface area contributed by atoms with Crippen molar-refractivity contribution in [1.29, 1.82) is 0 Å². The summed E-state index contributed by atoms with van der Waals surface area (Å²) in [6.45, 7) is 2.46. The molecule has 0 fully saturated rings. The number of aromatic nitrogens is 3. The van der Waals surface area contributed by atoms with Gasteiger partial charge in [0.2, 0.25) is 0 Å². The van der Waals surface area contributed by atoms with Gasteiger partial charge in [0, 0.05) is 18.8 Å². The van der Waals surface area contributed by atoms with E-state index in [1.807, 2.05) is 0 Å². The Morgan fingerprint density at radius 2 is 2.12 bits per heavy atom. The fourth-order valence-electron chi connectivity index (χ4n) is 1.10. The van der Waals surface area contributed by atoms with Crippen molar-refractivity contribution < 1.29 is 18.3 Å². The van der Waals surface area contributed by atoms with Crippen molar-refractivity contribution in [2.24, 2.45) is 5.73 Å². The van der Waals surface area contributed by atoms with Crippen LogP contribution in [0, 0.1) is 6.92 Å². The van der Waals surface area contributed by atoms with Crippen LogP contribution in [0.2, 0.25) is 0 Å². The van der Waals surface area contributed by atoms with Gasteiger partial charge in [-0.15, -0.1) is 10.2 Å². The van der Waals surface area contributed by atoms with Gasteiger partial charge in [0.05, 0.1) is 0 Å². The molecule has 1 aromatic rings. The topological polar surface area (TPSA) is 77.0 Å². The normalized spacial score (nSPS) is 14.0. The van der Waals surface area contributed by atoms with Crippen LogP contribution >= 0.6 is 11.8 Å². The molecule has 0 aliphatic carbocycles. The van der Waals surface area contributed by atoms with Crippen LogP contribution in [0.4, 0.5) is 13.2 Å². The molecule has 1 unspecified atom stereocenters. The molecule has 0 spiro atoms. The number of aryl methyl sites for hydroxylation is 1. The zero-order chi connectivity index (χ0) is 13.1. The smallest absolute Gasteiger partial charge is 0.383 e. The van der Waals surface area contributed by atoms with E-state index in [9.17, 15) is 13.2 Å². The Morgan fingerprint density at radius 1 is 1.47 bits per heavy atom. The fraction of sp³-hybridized carbons (Fsp3) is 0.750. The Morgan fingerprint density at radius 3 is 2.65 bits per heavy atom. The van der Waals surface area contributed by atoms with Gasteiger partial charge in [-0.1, -0.05) is 11.8 Å². The second kappa shape index (κ2) is 5.69. The maximum absolute atomic E-state index is 12.1. The third-order valence-corrected chi connectivity index (χ3v) is 3.05. The molecule has 0 aliphatic heterocycles. The number of nitrogens with zero attached hydrogens (tertiary/aromatic N) is 3. The highest BCUT2D eigenvalue weighted by Crippen LogP contribution is 2.26. The minimum atomic E-state index is -4.61. The van der Waals surface area contributed by atoms with Crippen LogP contribution in [0.3, 0.4) is 0 Å². The van der Waals surface area contributed by atoms with Crippen molar-refractivity contribution in [2.45, 2.75) is 30.9 Å². The molecule has 9 heteroatoms. The first-order valence-electron chi connectivity index (χ1n) is 4.83. The molecule has 1 atom stereocenters. The molecule has 1 aromatic heterocycles. The van der Waals surface area contributed by atoms with E-state index >= 15 is 0 Å². The van der Waals surface area contributed by atoms with Gasteiger partial charge in [-0.05, 0) is 6.92 Å². The number of hydrogen-bond acceptors (Lipinski definition) is 5. The molecule has 1 heterocycles. The number of thioether (sulfide) groups is 1. The van der Waals surface area contributed by atoms with Gasteiger partial charge in [-0.3, -0.25) is 0 Å². The summed E-state index contributed by atoms with van der Waals surface area (Å²) in [6, 6.07) is 0. The summed E-state index contributed by atoms with van der Waals surface area (Å²) in [6.07, 6.45) is -6.98. The number of aliphatic hydroxyl groups is 1. The Hall–Kier alpha value is -0.800. The highest BCUT2D eigenvalue weighted by atomic mass is 32.2. The van der Waals surface area contributed by atoms with Crippen LogP contribution in [0.1, 0.15) is 5.82 Å². The average Bonchev–Trinajstić information content (AvgIpc) is 2.56. The second-order valence-corrected chi connectivity index (χ2v) is 4.33.